The Morgan fingerprint density at radius 2 is 1.78 bits per heavy atom. The van der Waals surface area contributed by atoms with Gasteiger partial charge in [0.15, 0.2) is 5.65 Å². The zero-order valence-electron chi connectivity index (χ0n) is 22.9. The highest BCUT2D eigenvalue weighted by Gasteiger charge is 2.30. The number of amides is 2. The summed E-state index contributed by atoms with van der Waals surface area (Å²) in [6.45, 7) is 4.81. The van der Waals surface area contributed by atoms with Crippen LogP contribution in [0.1, 0.15) is 58.4 Å². The van der Waals surface area contributed by atoms with E-state index in [4.69, 9.17) is 55.2 Å². The van der Waals surface area contributed by atoms with Gasteiger partial charge in [-0.15, -0.1) is 0 Å². The van der Waals surface area contributed by atoms with Crippen LogP contribution < -0.4 is 16.4 Å². The number of ether oxygens (including phenoxy) is 1. The van der Waals surface area contributed by atoms with Crippen molar-refractivity contribution < 1.29 is 14.3 Å². The van der Waals surface area contributed by atoms with Gasteiger partial charge in [-0.2, -0.15) is 4.98 Å². The number of primary amides is 1. The molecule has 2 aromatic heterocycles. The number of piperidine rings is 1. The average Bonchev–Trinajstić information content (AvgIpc) is 3.27. The van der Waals surface area contributed by atoms with Gasteiger partial charge in [0.25, 0.3) is 0 Å². The fourth-order valence-corrected chi connectivity index (χ4v) is 6.42. The van der Waals surface area contributed by atoms with Crippen molar-refractivity contribution in [3.8, 4) is 0 Å². The van der Waals surface area contributed by atoms with Crippen LogP contribution in [0.15, 0.2) is 18.3 Å². The highest BCUT2D eigenvalue weighted by Crippen LogP contribution is 2.40. The standard InChI is InChI=1S/C27H33Cl3N8O3/c1-14(2)41-27(40)37-9-3-4-17(13-37)33-25-32-12-21-24(36-25)38(18-7-5-15(6-8-18)23(31)39)26(34-21)35-22-19(29)10-16(28)11-20(22)30/h10-12,14-15,17-18H,3-9,13H2,1-2H3,(H2,31,39)(H,34,35)(H,32,33,36). The molecule has 1 aliphatic carbocycles. The number of rotatable bonds is 7. The number of imidazole rings is 1. The number of fused-ring (bicyclic) bond motifs is 1. The molecule has 1 saturated carbocycles. The van der Waals surface area contributed by atoms with E-state index >= 15 is 0 Å². The zero-order chi connectivity index (χ0) is 29.3. The predicted octanol–water partition coefficient (Wildman–Crippen LogP) is 6.17. The summed E-state index contributed by atoms with van der Waals surface area (Å²) in [5.74, 6) is 0.508. The van der Waals surface area contributed by atoms with Gasteiger partial charge in [-0.25, -0.2) is 14.8 Å². The first-order chi connectivity index (χ1) is 19.6. The van der Waals surface area contributed by atoms with E-state index < -0.39 is 0 Å². The summed E-state index contributed by atoms with van der Waals surface area (Å²) in [5, 5.41) is 7.80. The first kappa shape index (κ1) is 29.5. The summed E-state index contributed by atoms with van der Waals surface area (Å²) >= 11 is 19.1. The van der Waals surface area contributed by atoms with Crippen molar-refractivity contribution in [3.63, 3.8) is 0 Å². The van der Waals surface area contributed by atoms with Gasteiger partial charge >= 0.3 is 6.09 Å². The summed E-state index contributed by atoms with van der Waals surface area (Å²) < 4.78 is 7.40. The molecule has 2 fully saturated rings. The van der Waals surface area contributed by atoms with E-state index in [-0.39, 0.29) is 36.1 Å². The molecule has 0 bridgehead atoms. The Labute approximate surface area is 253 Å². The summed E-state index contributed by atoms with van der Waals surface area (Å²) in [6, 6.07) is 3.18. The van der Waals surface area contributed by atoms with Gasteiger partial charge in [-0.05, 0) is 64.5 Å². The average molecular weight is 624 g/mol. The number of carbonyl (C=O) groups excluding carboxylic acids is 2. The van der Waals surface area contributed by atoms with E-state index in [2.05, 4.69) is 15.6 Å². The van der Waals surface area contributed by atoms with Crippen molar-refractivity contribution in [1.29, 1.82) is 0 Å². The molecular weight excluding hydrogens is 591 g/mol. The molecule has 1 unspecified atom stereocenters. The fourth-order valence-electron chi connectivity index (χ4n) is 5.51. The van der Waals surface area contributed by atoms with E-state index in [0.29, 0.717) is 69.7 Å². The van der Waals surface area contributed by atoms with Crippen LogP contribution in [0.3, 0.4) is 0 Å². The highest BCUT2D eigenvalue weighted by molar-refractivity contribution is 6.41. The molecule has 1 atom stereocenters. The van der Waals surface area contributed by atoms with Gasteiger partial charge in [0.2, 0.25) is 17.8 Å². The number of hydrogen-bond donors (Lipinski definition) is 3. The maximum atomic E-state index is 12.5. The number of halogens is 3. The first-order valence-electron chi connectivity index (χ1n) is 13.8. The monoisotopic (exact) mass is 622 g/mol. The van der Waals surface area contributed by atoms with E-state index in [9.17, 15) is 9.59 Å². The molecule has 2 aliphatic rings. The number of benzene rings is 1. The topological polar surface area (TPSA) is 140 Å². The second kappa shape index (κ2) is 12.5. The smallest absolute Gasteiger partial charge is 0.410 e. The third-order valence-electron chi connectivity index (χ3n) is 7.49. The minimum atomic E-state index is -0.317. The van der Waals surface area contributed by atoms with Crippen LogP contribution in [0.2, 0.25) is 15.1 Å². The summed E-state index contributed by atoms with van der Waals surface area (Å²) in [6.07, 6.45) is 5.65. The summed E-state index contributed by atoms with van der Waals surface area (Å²) in [4.78, 5) is 40.1. The minimum Gasteiger partial charge on any atom is -0.447 e. The van der Waals surface area contributed by atoms with Crippen LogP contribution in [0, 0.1) is 5.92 Å². The van der Waals surface area contributed by atoms with Gasteiger partial charge in [-0.1, -0.05) is 34.8 Å². The van der Waals surface area contributed by atoms with Crippen molar-refractivity contribution in [2.24, 2.45) is 11.7 Å². The molecule has 14 heteroatoms. The molecule has 0 radical (unpaired) electrons. The van der Waals surface area contributed by atoms with Gasteiger partial charge in [0.1, 0.15) is 5.52 Å². The van der Waals surface area contributed by atoms with Gasteiger partial charge < -0.3 is 26.0 Å². The van der Waals surface area contributed by atoms with Crippen LogP contribution >= 0.6 is 34.8 Å². The van der Waals surface area contributed by atoms with Crippen molar-refractivity contribution in [2.75, 3.05) is 23.7 Å². The molecule has 1 aliphatic heterocycles. The number of nitrogens with two attached hydrogens (primary N) is 1. The number of carbonyl (C=O) groups is 2. The van der Waals surface area contributed by atoms with Crippen molar-refractivity contribution in [1.82, 2.24) is 24.4 Å². The number of nitrogens with zero attached hydrogens (tertiary/aromatic N) is 5. The lowest BCUT2D eigenvalue weighted by Crippen LogP contribution is -2.46. The Hall–Kier alpha value is -3.02. The number of hydrogen-bond acceptors (Lipinski definition) is 8. The second-order valence-electron chi connectivity index (χ2n) is 10.8. The number of anilines is 3. The third-order valence-corrected chi connectivity index (χ3v) is 8.30. The number of likely N-dealkylation sites (tertiary alicyclic amines) is 1. The van der Waals surface area contributed by atoms with Gasteiger partial charge in [0, 0.05) is 36.1 Å². The molecule has 3 heterocycles. The normalized spacial score (nSPS) is 21.2. The Morgan fingerprint density at radius 3 is 2.44 bits per heavy atom. The fraction of sp³-hybridized carbons (Fsp3) is 0.519. The third kappa shape index (κ3) is 6.73. The summed E-state index contributed by atoms with van der Waals surface area (Å²) in [5.41, 5.74) is 7.27. The molecule has 3 aromatic rings. The van der Waals surface area contributed by atoms with Crippen molar-refractivity contribution in [3.05, 3.63) is 33.4 Å². The molecule has 41 heavy (non-hydrogen) atoms. The molecule has 2 amide bonds. The van der Waals surface area contributed by atoms with Crippen LogP contribution in [-0.4, -0.2) is 61.7 Å². The van der Waals surface area contributed by atoms with Gasteiger partial charge in [-0.3, -0.25) is 9.36 Å². The molecular formula is C27H33Cl3N8O3. The van der Waals surface area contributed by atoms with Crippen LogP contribution in [-0.2, 0) is 9.53 Å². The molecule has 4 N–H and O–H groups in total. The number of nitrogens with one attached hydrogen (secondary N) is 2. The molecule has 1 aromatic carbocycles. The van der Waals surface area contributed by atoms with Crippen LogP contribution in [0.5, 0.6) is 0 Å². The first-order valence-corrected chi connectivity index (χ1v) is 14.9. The number of aromatic nitrogens is 4. The van der Waals surface area contributed by atoms with E-state index in [0.717, 1.165) is 25.7 Å². The summed E-state index contributed by atoms with van der Waals surface area (Å²) in [7, 11) is 0. The quantitative estimate of drug-likeness (QED) is 0.284. The maximum Gasteiger partial charge on any atom is 0.410 e. The molecule has 1 saturated heterocycles. The lowest BCUT2D eigenvalue weighted by Gasteiger charge is -2.33. The Bertz CT molecular complexity index is 1420. The second-order valence-corrected chi connectivity index (χ2v) is 12.1. The largest absolute Gasteiger partial charge is 0.447 e. The van der Waals surface area contributed by atoms with Gasteiger partial charge in [0.05, 0.1) is 28.0 Å². The Kier molecular flexibility index (Phi) is 8.96. The predicted molar refractivity (Wildman–Crippen MR) is 160 cm³/mol. The Morgan fingerprint density at radius 1 is 1.07 bits per heavy atom. The molecule has 0 spiro atoms. The highest BCUT2D eigenvalue weighted by atomic mass is 35.5. The van der Waals surface area contributed by atoms with Crippen molar-refractivity contribution in [2.45, 2.75) is 70.6 Å². The van der Waals surface area contributed by atoms with Crippen molar-refractivity contribution >= 4 is 75.6 Å². The maximum absolute atomic E-state index is 12.5. The zero-order valence-corrected chi connectivity index (χ0v) is 25.1. The van der Waals surface area contributed by atoms with E-state index in [1.54, 1.807) is 23.2 Å². The lowest BCUT2D eigenvalue weighted by molar-refractivity contribution is -0.122. The van der Waals surface area contributed by atoms with E-state index in [1.165, 1.54) is 0 Å². The molecule has 11 nitrogen and oxygen atoms in total. The Balaban J connectivity index is 1.45. The van der Waals surface area contributed by atoms with Crippen LogP contribution in [0.25, 0.3) is 11.2 Å². The minimum absolute atomic E-state index is 0.00155. The molecule has 220 valence electrons. The molecule has 5 rings (SSSR count). The van der Waals surface area contributed by atoms with Crippen LogP contribution in [0.4, 0.5) is 22.4 Å². The van der Waals surface area contributed by atoms with E-state index in [1.807, 2.05) is 18.4 Å². The SMILES string of the molecule is CC(C)OC(=O)N1CCCC(Nc2ncc3nc(Nc4c(Cl)cc(Cl)cc4Cl)n(C4CCC(C(N)=O)CC4)c3n2)C1. The lowest BCUT2D eigenvalue weighted by atomic mass is 9.85.